The first-order chi connectivity index (χ1) is 11.1. The lowest BCUT2D eigenvalue weighted by molar-refractivity contribution is 0.102. The molecule has 2 aromatic rings. The zero-order chi connectivity index (χ0) is 16.2. The Balaban J connectivity index is 1.86. The zero-order valence-corrected chi connectivity index (χ0v) is 13.9. The van der Waals surface area contributed by atoms with Crippen LogP contribution in [0.25, 0.3) is 0 Å². The summed E-state index contributed by atoms with van der Waals surface area (Å²) in [6.07, 6.45) is 0. The molecule has 0 radical (unpaired) electrons. The molecule has 0 bridgehead atoms. The summed E-state index contributed by atoms with van der Waals surface area (Å²) in [6, 6.07) is 12.3. The average Bonchev–Trinajstić information content (AvgIpc) is 2.56. The molecule has 6 heteroatoms. The van der Waals surface area contributed by atoms with Gasteiger partial charge in [0, 0.05) is 28.7 Å². The molecule has 0 aromatic heterocycles. The van der Waals surface area contributed by atoms with Crippen molar-refractivity contribution in [2.45, 2.75) is 0 Å². The van der Waals surface area contributed by atoms with Gasteiger partial charge < -0.3 is 15.0 Å². The van der Waals surface area contributed by atoms with Gasteiger partial charge in [-0.2, -0.15) is 0 Å². The lowest BCUT2D eigenvalue weighted by Crippen LogP contribution is -2.36. The van der Waals surface area contributed by atoms with Crippen molar-refractivity contribution in [1.82, 2.24) is 0 Å². The van der Waals surface area contributed by atoms with Gasteiger partial charge in [-0.25, -0.2) is 0 Å². The molecule has 120 valence electrons. The van der Waals surface area contributed by atoms with E-state index in [0.29, 0.717) is 34.5 Å². The van der Waals surface area contributed by atoms with Crippen LogP contribution in [0.4, 0.5) is 11.4 Å². The Kier molecular flexibility index (Phi) is 5.06. The average molecular weight is 351 g/mol. The summed E-state index contributed by atoms with van der Waals surface area (Å²) in [7, 11) is 0. The molecule has 1 amide bonds. The maximum Gasteiger partial charge on any atom is 0.255 e. The summed E-state index contributed by atoms with van der Waals surface area (Å²) in [5.74, 6) is -0.218. The van der Waals surface area contributed by atoms with Crippen molar-refractivity contribution in [3.63, 3.8) is 0 Å². The van der Waals surface area contributed by atoms with Gasteiger partial charge in [-0.05, 0) is 36.4 Å². The maximum atomic E-state index is 12.5. The molecule has 1 heterocycles. The Morgan fingerprint density at radius 3 is 2.52 bits per heavy atom. The molecule has 1 N–H and O–H groups in total. The summed E-state index contributed by atoms with van der Waals surface area (Å²) in [4.78, 5) is 14.6. The van der Waals surface area contributed by atoms with E-state index in [1.807, 2.05) is 12.1 Å². The van der Waals surface area contributed by atoms with Crippen molar-refractivity contribution < 1.29 is 9.53 Å². The van der Waals surface area contributed by atoms with E-state index < -0.39 is 0 Å². The van der Waals surface area contributed by atoms with Crippen molar-refractivity contribution in [2.24, 2.45) is 0 Å². The van der Waals surface area contributed by atoms with E-state index in [0.717, 1.165) is 18.8 Å². The molecular formula is C17H16Cl2N2O2. The van der Waals surface area contributed by atoms with Crippen LogP contribution in [-0.4, -0.2) is 32.2 Å². The second-order valence-electron chi connectivity index (χ2n) is 5.23. The molecule has 0 aliphatic carbocycles. The third-order valence-electron chi connectivity index (χ3n) is 3.65. The molecule has 0 spiro atoms. The number of carbonyl (C=O) groups excluding carboxylic acids is 1. The molecule has 0 atom stereocenters. The van der Waals surface area contributed by atoms with Crippen LogP contribution in [-0.2, 0) is 4.74 Å². The van der Waals surface area contributed by atoms with Gasteiger partial charge in [0.1, 0.15) is 0 Å². The molecule has 1 aliphatic heterocycles. The van der Waals surface area contributed by atoms with Gasteiger partial charge in [0.2, 0.25) is 0 Å². The number of nitrogens with zero attached hydrogens (tertiary/aromatic N) is 1. The van der Waals surface area contributed by atoms with Gasteiger partial charge >= 0.3 is 0 Å². The van der Waals surface area contributed by atoms with Gasteiger partial charge in [0.05, 0.1) is 24.6 Å². The lowest BCUT2D eigenvalue weighted by atomic mass is 10.2. The number of halogens is 2. The third kappa shape index (κ3) is 3.96. The van der Waals surface area contributed by atoms with Crippen LogP contribution in [0.3, 0.4) is 0 Å². The number of hydrogen-bond donors (Lipinski definition) is 1. The van der Waals surface area contributed by atoms with Crippen LogP contribution in [0.15, 0.2) is 42.5 Å². The number of nitrogens with one attached hydrogen (secondary N) is 1. The number of carbonyl (C=O) groups is 1. The molecule has 4 nitrogen and oxygen atoms in total. The van der Waals surface area contributed by atoms with Gasteiger partial charge in [-0.15, -0.1) is 0 Å². The highest BCUT2D eigenvalue weighted by molar-refractivity contribution is 6.31. The minimum atomic E-state index is -0.218. The van der Waals surface area contributed by atoms with Crippen LogP contribution < -0.4 is 10.2 Å². The summed E-state index contributed by atoms with van der Waals surface area (Å²) in [5.41, 5.74) is 2.13. The molecule has 23 heavy (non-hydrogen) atoms. The number of benzene rings is 2. The van der Waals surface area contributed by atoms with Gasteiger partial charge in [0.25, 0.3) is 5.91 Å². The summed E-state index contributed by atoms with van der Waals surface area (Å²) < 4.78 is 5.38. The van der Waals surface area contributed by atoms with E-state index in [1.165, 1.54) is 0 Å². The molecule has 0 unspecified atom stereocenters. The first-order valence-electron chi connectivity index (χ1n) is 7.32. The van der Waals surface area contributed by atoms with Crippen LogP contribution >= 0.6 is 23.2 Å². The van der Waals surface area contributed by atoms with Crippen molar-refractivity contribution in [1.29, 1.82) is 0 Å². The van der Waals surface area contributed by atoms with Crippen LogP contribution in [0.1, 0.15) is 10.4 Å². The third-order valence-corrected chi connectivity index (χ3v) is 4.12. The monoisotopic (exact) mass is 350 g/mol. The molecule has 3 rings (SSSR count). The predicted octanol–water partition coefficient (Wildman–Crippen LogP) is 4.08. The number of amides is 1. The van der Waals surface area contributed by atoms with Crippen molar-refractivity contribution >= 4 is 40.5 Å². The standard InChI is InChI=1S/C17H16Cl2N2O2/c18-13-3-1-2-12(10-13)17(22)20-15-11-14(19)4-5-16(15)21-6-8-23-9-7-21/h1-5,10-11H,6-9H2,(H,20,22). The van der Waals surface area contributed by atoms with E-state index in [2.05, 4.69) is 10.2 Å². The normalized spacial score (nSPS) is 14.6. The Hall–Kier alpha value is -1.75. The fourth-order valence-corrected chi connectivity index (χ4v) is 2.87. The zero-order valence-electron chi connectivity index (χ0n) is 12.4. The second-order valence-corrected chi connectivity index (χ2v) is 6.10. The second kappa shape index (κ2) is 7.21. The van der Waals surface area contributed by atoms with E-state index in [9.17, 15) is 4.79 Å². The van der Waals surface area contributed by atoms with E-state index in [-0.39, 0.29) is 5.91 Å². The first-order valence-corrected chi connectivity index (χ1v) is 8.08. The SMILES string of the molecule is O=C(Nc1cc(Cl)ccc1N1CCOCC1)c1cccc(Cl)c1. The predicted molar refractivity (Wildman–Crippen MR) is 93.9 cm³/mol. The van der Waals surface area contributed by atoms with E-state index >= 15 is 0 Å². The lowest BCUT2D eigenvalue weighted by Gasteiger charge is -2.30. The highest BCUT2D eigenvalue weighted by atomic mass is 35.5. The summed E-state index contributed by atoms with van der Waals surface area (Å²) >= 11 is 12.0. The first kappa shape index (κ1) is 16.1. The number of hydrogen-bond acceptors (Lipinski definition) is 3. The Morgan fingerprint density at radius 2 is 1.78 bits per heavy atom. The molecule has 1 fully saturated rings. The molecule has 1 aliphatic rings. The number of ether oxygens (including phenoxy) is 1. The smallest absolute Gasteiger partial charge is 0.255 e. The molecule has 1 saturated heterocycles. The Morgan fingerprint density at radius 1 is 1.04 bits per heavy atom. The van der Waals surface area contributed by atoms with Crippen LogP contribution in [0.2, 0.25) is 10.0 Å². The van der Waals surface area contributed by atoms with Crippen LogP contribution in [0.5, 0.6) is 0 Å². The van der Waals surface area contributed by atoms with Crippen molar-refractivity contribution in [3.05, 3.63) is 58.1 Å². The molecule has 2 aromatic carbocycles. The molecular weight excluding hydrogens is 335 g/mol. The fourth-order valence-electron chi connectivity index (χ4n) is 2.51. The van der Waals surface area contributed by atoms with Crippen molar-refractivity contribution in [2.75, 3.05) is 36.5 Å². The number of anilines is 2. The Bertz CT molecular complexity index is 715. The minimum Gasteiger partial charge on any atom is -0.378 e. The largest absolute Gasteiger partial charge is 0.378 e. The summed E-state index contributed by atoms with van der Waals surface area (Å²) in [6.45, 7) is 2.90. The number of morpholine rings is 1. The topological polar surface area (TPSA) is 41.6 Å². The minimum absolute atomic E-state index is 0.218. The van der Waals surface area contributed by atoms with Gasteiger partial charge in [0.15, 0.2) is 0 Å². The highest BCUT2D eigenvalue weighted by Crippen LogP contribution is 2.30. The molecule has 0 saturated carbocycles. The highest BCUT2D eigenvalue weighted by Gasteiger charge is 2.17. The van der Waals surface area contributed by atoms with E-state index in [1.54, 1.807) is 30.3 Å². The number of rotatable bonds is 3. The fraction of sp³-hybridized carbons (Fsp3) is 0.235. The van der Waals surface area contributed by atoms with Gasteiger partial charge in [-0.1, -0.05) is 29.3 Å². The Labute approximate surface area is 144 Å². The van der Waals surface area contributed by atoms with Crippen molar-refractivity contribution in [3.8, 4) is 0 Å². The van der Waals surface area contributed by atoms with E-state index in [4.69, 9.17) is 27.9 Å². The van der Waals surface area contributed by atoms with Gasteiger partial charge in [-0.3, -0.25) is 4.79 Å². The maximum absolute atomic E-state index is 12.5. The summed E-state index contributed by atoms with van der Waals surface area (Å²) in [5, 5.41) is 4.03. The quantitative estimate of drug-likeness (QED) is 0.906. The van der Waals surface area contributed by atoms with Crippen LogP contribution in [0, 0.1) is 0 Å².